The van der Waals surface area contributed by atoms with Crippen LogP contribution in [0.1, 0.15) is 19.7 Å². The molecule has 0 spiro atoms. The van der Waals surface area contributed by atoms with E-state index in [4.69, 9.17) is 9.15 Å². The molecule has 1 aromatic heterocycles. The molecule has 6 nitrogen and oxygen atoms in total. The number of rotatable bonds is 5. The van der Waals surface area contributed by atoms with E-state index in [-0.39, 0.29) is 11.8 Å². The normalized spacial score (nSPS) is 15.6. The van der Waals surface area contributed by atoms with Crippen LogP contribution in [0.5, 0.6) is 5.75 Å². The van der Waals surface area contributed by atoms with Crippen LogP contribution in [0.3, 0.4) is 0 Å². The molecule has 1 aliphatic heterocycles. The number of aromatic nitrogens is 1. The van der Waals surface area contributed by atoms with E-state index in [0.717, 1.165) is 43.3 Å². The molecule has 1 aliphatic rings. The first-order valence-corrected chi connectivity index (χ1v) is 8.67. The lowest BCUT2D eigenvalue weighted by Gasteiger charge is -2.34. The number of oxazole rings is 1. The summed E-state index contributed by atoms with van der Waals surface area (Å²) in [6, 6.07) is 7.73. The van der Waals surface area contributed by atoms with Crippen LogP contribution in [0.25, 0.3) is 11.3 Å². The van der Waals surface area contributed by atoms with Gasteiger partial charge in [-0.05, 0) is 24.3 Å². The molecular weight excluding hydrogens is 318 g/mol. The number of ether oxygens (including phenoxy) is 1. The molecule has 0 N–H and O–H groups in total. The maximum Gasteiger partial charge on any atom is 0.225 e. The summed E-state index contributed by atoms with van der Waals surface area (Å²) in [4.78, 5) is 20.6. The summed E-state index contributed by atoms with van der Waals surface area (Å²) in [5.41, 5.74) is 0.979. The van der Waals surface area contributed by atoms with E-state index in [1.165, 1.54) is 0 Å². The molecule has 25 heavy (non-hydrogen) atoms. The second kappa shape index (κ2) is 7.70. The van der Waals surface area contributed by atoms with Gasteiger partial charge in [-0.25, -0.2) is 4.98 Å². The van der Waals surface area contributed by atoms with Gasteiger partial charge in [0, 0.05) is 37.7 Å². The average Bonchev–Trinajstić information content (AvgIpc) is 3.10. The Labute approximate surface area is 148 Å². The Kier molecular flexibility index (Phi) is 5.38. The second-order valence-electron chi connectivity index (χ2n) is 6.60. The fourth-order valence-electron chi connectivity index (χ4n) is 2.95. The topological polar surface area (TPSA) is 58.8 Å². The Bertz CT molecular complexity index is 701. The predicted molar refractivity (Wildman–Crippen MR) is 95.2 cm³/mol. The summed E-state index contributed by atoms with van der Waals surface area (Å²) >= 11 is 0. The lowest BCUT2D eigenvalue weighted by atomic mass is 10.1. The SMILES string of the molecule is COc1ccc(-c2cnc(CN3CCN(C(=O)C(C)C)CC3)o2)cc1. The van der Waals surface area contributed by atoms with E-state index in [1.807, 2.05) is 43.0 Å². The summed E-state index contributed by atoms with van der Waals surface area (Å²) in [5, 5.41) is 0. The highest BCUT2D eigenvalue weighted by Crippen LogP contribution is 2.23. The number of hydrogen-bond acceptors (Lipinski definition) is 5. The van der Waals surface area contributed by atoms with Gasteiger partial charge in [-0.3, -0.25) is 9.69 Å². The monoisotopic (exact) mass is 343 g/mol. The van der Waals surface area contributed by atoms with Gasteiger partial charge in [0.05, 0.1) is 19.9 Å². The fraction of sp³-hybridized carbons (Fsp3) is 0.474. The van der Waals surface area contributed by atoms with Crippen molar-refractivity contribution in [2.45, 2.75) is 20.4 Å². The van der Waals surface area contributed by atoms with Crippen LogP contribution in [0.2, 0.25) is 0 Å². The van der Waals surface area contributed by atoms with Crippen molar-refractivity contribution >= 4 is 5.91 Å². The number of carbonyl (C=O) groups excluding carboxylic acids is 1. The fourth-order valence-corrected chi connectivity index (χ4v) is 2.95. The highest BCUT2D eigenvalue weighted by atomic mass is 16.5. The molecule has 2 aromatic rings. The van der Waals surface area contributed by atoms with Crippen molar-refractivity contribution in [2.24, 2.45) is 5.92 Å². The zero-order valence-electron chi connectivity index (χ0n) is 15.1. The van der Waals surface area contributed by atoms with Crippen LogP contribution in [0.4, 0.5) is 0 Å². The maximum atomic E-state index is 12.0. The van der Waals surface area contributed by atoms with Gasteiger partial charge in [0.2, 0.25) is 11.8 Å². The molecule has 1 fully saturated rings. The predicted octanol–water partition coefficient (Wildman–Crippen LogP) is 2.65. The Balaban J connectivity index is 1.56. The lowest BCUT2D eigenvalue weighted by Crippen LogP contribution is -2.49. The molecule has 0 bridgehead atoms. The Hall–Kier alpha value is -2.34. The smallest absolute Gasteiger partial charge is 0.225 e. The highest BCUT2D eigenvalue weighted by molar-refractivity contribution is 5.78. The van der Waals surface area contributed by atoms with Crippen molar-refractivity contribution in [1.82, 2.24) is 14.8 Å². The van der Waals surface area contributed by atoms with Crippen LogP contribution in [0.15, 0.2) is 34.9 Å². The zero-order valence-corrected chi connectivity index (χ0v) is 15.1. The first kappa shape index (κ1) is 17.5. The summed E-state index contributed by atoms with van der Waals surface area (Å²) in [7, 11) is 1.65. The van der Waals surface area contributed by atoms with Gasteiger partial charge in [-0.15, -0.1) is 0 Å². The molecular formula is C19H25N3O3. The standard InChI is InChI=1S/C19H25N3O3/c1-14(2)19(23)22-10-8-21(9-11-22)13-18-20-12-17(25-18)15-4-6-16(24-3)7-5-15/h4-7,12,14H,8-11,13H2,1-3H3. The van der Waals surface area contributed by atoms with Crippen molar-refractivity contribution in [3.63, 3.8) is 0 Å². The molecule has 6 heteroatoms. The van der Waals surface area contributed by atoms with E-state index in [2.05, 4.69) is 9.88 Å². The van der Waals surface area contributed by atoms with Crippen LogP contribution in [-0.2, 0) is 11.3 Å². The van der Waals surface area contributed by atoms with Crippen LogP contribution in [0, 0.1) is 5.92 Å². The third-order valence-corrected chi connectivity index (χ3v) is 4.46. The Morgan fingerprint density at radius 3 is 2.48 bits per heavy atom. The first-order chi connectivity index (χ1) is 12.1. The molecule has 3 rings (SSSR count). The minimum atomic E-state index is 0.0605. The third kappa shape index (κ3) is 4.20. The molecule has 0 radical (unpaired) electrons. The lowest BCUT2D eigenvalue weighted by molar-refractivity contribution is -0.136. The minimum Gasteiger partial charge on any atom is -0.497 e. The molecule has 1 amide bonds. The van der Waals surface area contributed by atoms with Gasteiger partial charge in [-0.2, -0.15) is 0 Å². The second-order valence-corrected chi connectivity index (χ2v) is 6.60. The maximum absolute atomic E-state index is 12.0. The largest absolute Gasteiger partial charge is 0.497 e. The van der Waals surface area contributed by atoms with Gasteiger partial charge in [0.25, 0.3) is 0 Å². The van der Waals surface area contributed by atoms with Crippen molar-refractivity contribution in [3.05, 3.63) is 36.4 Å². The molecule has 0 aliphatic carbocycles. The van der Waals surface area contributed by atoms with Gasteiger partial charge in [0.15, 0.2) is 5.76 Å². The van der Waals surface area contributed by atoms with Gasteiger partial charge in [-0.1, -0.05) is 13.8 Å². The summed E-state index contributed by atoms with van der Waals surface area (Å²) in [6.45, 7) is 7.79. The van der Waals surface area contributed by atoms with E-state index in [9.17, 15) is 4.79 Å². The molecule has 1 saturated heterocycles. The molecule has 1 aromatic carbocycles. The Morgan fingerprint density at radius 1 is 1.20 bits per heavy atom. The van der Waals surface area contributed by atoms with E-state index in [0.29, 0.717) is 12.4 Å². The first-order valence-electron chi connectivity index (χ1n) is 8.67. The molecule has 2 heterocycles. The molecule has 134 valence electrons. The third-order valence-electron chi connectivity index (χ3n) is 4.46. The van der Waals surface area contributed by atoms with E-state index >= 15 is 0 Å². The average molecular weight is 343 g/mol. The number of benzene rings is 1. The zero-order chi connectivity index (χ0) is 17.8. The number of hydrogen-bond donors (Lipinski definition) is 0. The highest BCUT2D eigenvalue weighted by Gasteiger charge is 2.23. The Morgan fingerprint density at radius 2 is 1.88 bits per heavy atom. The number of methoxy groups -OCH3 is 1. The minimum absolute atomic E-state index is 0.0605. The van der Waals surface area contributed by atoms with Crippen LogP contribution >= 0.6 is 0 Å². The summed E-state index contributed by atoms with van der Waals surface area (Å²) < 4.78 is 11.1. The number of nitrogens with zero attached hydrogens (tertiary/aromatic N) is 3. The van der Waals surface area contributed by atoms with Crippen molar-refractivity contribution in [1.29, 1.82) is 0 Å². The van der Waals surface area contributed by atoms with E-state index in [1.54, 1.807) is 13.3 Å². The van der Waals surface area contributed by atoms with Crippen molar-refractivity contribution < 1.29 is 13.9 Å². The van der Waals surface area contributed by atoms with Gasteiger partial charge >= 0.3 is 0 Å². The van der Waals surface area contributed by atoms with E-state index < -0.39 is 0 Å². The van der Waals surface area contributed by atoms with Gasteiger partial charge in [0.1, 0.15) is 5.75 Å². The number of amides is 1. The number of piperazine rings is 1. The quantitative estimate of drug-likeness (QED) is 0.835. The summed E-state index contributed by atoms with van der Waals surface area (Å²) in [6.07, 6.45) is 1.76. The molecule has 0 unspecified atom stereocenters. The van der Waals surface area contributed by atoms with Crippen LogP contribution < -0.4 is 4.74 Å². The van der Waals surface area contributed by atoms with Crippen LogP contribution in [-0.4, -0.2) is 54.0 Å². The molecule has 0 atom stereocenters. The van der Waals surface area contributed by atoms with Crippen molar-refractivity contribution in [2.75, 3.05) is 33.3 Å². The number of carbonyl (C=O) groups is 1. The summed E-state index contributed by atoms with van der Waals surface area (Å²) in [5.74, 6) is 2.57. The van der Waals surface area contributed by atoms with Gasteiger partial charge < -0.3 is 14.1 Å². The van der Waals surface area contributed by atoms with Crippen molar-refractivity contribution in [3.8, 4) is 17.1 Å². The molecule has 0 saturated carbocycles.